The number of H-pyrrole nitrogens is 8. The third-order valence-electron chi connectivity index (χ3n) is 24.3. The molecule has 0 unspecified atom stereocenters. The van der Waals surface area contributed by atoms with Gasteiger partial charge in [0, 0.05) is 203 Å². The summed E-state index contributed by atoms with van der Waals surface area (Å²) >= 11 is 0. The molecule has 34 nitrogen and oxygen atoms in total. The largest absolute Gasteiger partial charge is 0.463 e. The Morgan fingerprint density at radius 2 is 0.678 bits per heavy atom. The number of morpholine rings is 1. The predicted molar refractivity (Wildman–Crippen MR) is 573 cm³/mol. The van der Waals surface area contributed by atoms with Crippen LogP contribution in [0.1, 0.15) is 56.7 Å². The highest BCUT2D eigenvalue weighted by atomic mass is 32.2. The Labute approximate surface area is 851 Å². The van der Waals surface area contributed by atoms with E-state index in [1.807, 2.05) is 171 Å². The first kappa shape index (κ1) is 101. The van der Waals surface area contributed by atoms with Crippen molar-refractivity contribution in [2.24, 2.45) is 0 Å². The minimum absolute atomic E-state index is 0.246. The minimum Gasteiger partial charge on any atom is -0.463 e. The molecule has 39 heteroatoms. The summed E-state index contributed by atoms with van der Waals surface area (Å²) in [5.41, 5.74) is 30.7. The topological polar surface area (TPSA) is 474 Å². The van der Waals surface area contributed by atoms with Crippen LogP contribution < -0.4 is 14.3 Å². The molecule has 17 aromatic heterocycles. The minimum atomic E-state index is -3.30. The van der Waals surface area contributed by atoms with E-state index in [2.05, 4.69) is 166 Å². The Hall–Kier alpha value is -18.5. The number of halogens is 3. The van der Waals surface area contributed by atoms with Crippen LogP contribution in [0.4, 0.5) is 24.5 Å². The van der Waals surface area contributed by atoms with Crippen LogP contribution in [0.5, 0.6) is 0 Å². The van der Waals surface area contributed by atoms with Gasteiger partial charge in [0.1, 0.15) is 23.1 Å². The smallest absolute Gasteiger partial charge is 0.229 e. The van der Waals surface area contributed by atoms with E-state index in [0.29, 0.717) is 22.5 Å². The summed E-state index contributed by atoms with van der Waals surface area (Å²) in [5, 5.41) is 74.0. The van der Waals surface area contributed by atoms with Gasteiger partial charge in [-0.3, -0.25) is 85.4 Å². The SMILES string of the molecule is Cc1[nH]nc2ccnc(-c3ccc(C#N)cc3)c12.Cc1[nH]nc2ccnc(-c3ccc(CNS(C)(=O)=O)cc3)c12.Cc1[nH]nc2ccnc(-c3ccc(F)cc3)c12.Cc1[nH]nc2ccnc(-c3ccc(N4CCOCC4)cc3)c12.Cc1[nH]nc2ccnc(-c3cccc(F)c3)c12.Cc1[nH]nc2ccnc(-c3cccc(NS(C)(=O)=O)c3)c12.Cc1[nH]nc2ccnc(-c3ccccc3F)c12.Cc1[nH]nc2ccnc(-c3ccco3)c12. The van der Waals surface area contributed by atoms with Gasteiger partial charge in [-0.15, -0.1) is 0 Å². The third-order valence-corrected chi connectivity index (χ3v) is 25.6. The van der Waals surface area contributed by atoms with Gasteiger partial charge in [-0.05, 0) is 207 Å². The summed E-state index contributed by atoms with van der Waals surface area (Å²) in [6, 6.07) is 71.0. The van der Waals surface area contributed by atoms with Crippen molar-refractivity contribution < 1.29 is 39.2 Å². The van der Waals surface area contributed by atoms with E-state index in [1.165, 1.54) is 36.0 Å². The number of ether oxygens (including phenoxy) is 1. The average molecular weight is 2030 g/mol. The van der Waals surface area contributed by atoms with Crippen molar-refractivity contribution in [1.82, 2.24) is 126 Å². The molecule has 1 aliphatic rings. The normalized spacial score (nSPS) is 11.8. The van der Waals surface area contributed by atoms with E-state index >= 15 is 0 Å². The zero-order valence-corrected chi connectivity index (χ0v) is 83.8. The van der Waals surface area contributed by atoms with Gasteiger partial charge in [-0.1, -0.05) is 84.9 Å². The lowest BCUT2D eigenvalue weighted by Gasteiger charge is -2.28. The number of nitrogens with one attached hydrogen (secondary N) is 10. The van der Waals surface area contributed by atoms with E-state index < -0.39 is 20.0 Å². The molecule has 746 valence electrons. The third kappa shape index (κ3) is 23.3. The number of sulfonamides is 2. The number of aryl methyl sites for hydroxylation is 8. The van der Waals surface area contributed by atoms with Gasteiger partial charge in [-0.25, -0.2) is 34.7 Å². The van der Waals surface area contributed by atoms with Gasteiger partial charge in [0.25, 0.3) is 0 Å². The zero-order chi connectivity index (χ0) is 104. The average Bonchev–Trinajstić information content (AvgIpc) is 1.67. The number of hydrogen-bond acceptors (Lipinski definition) is 24. The number of aromatic amines is 8. The first-order chi connectivity index (χ1) is 72.1. The van der Waals surface area contributed by atoms with Crippen LogP contribution in [0.2, 0.25) is 0 Å². The molecular weight excluding hydrogens is 1930 g/mol. The van der Waals surface area contributed by atoms with Gasteiger partial charge in [0.15, 0.2) is 5.76 Å². The second-order valence-corrected chi connectivity index (χ2v) is 38.4. The van der Waals surface area contributed by atoms with E-state index in [-0.39, 0.29) is 24.0 Å². The molecule has 0 spiro atoms. The molecular formula is C110H97F3N28O6S2. The molecule has 7 aromatic carbocycles. The Kier molecular flexibility index (Phi) is 30.2. The maximum absolute atomic E-state index is 13.8. The number of fused-ring (bicyclic) bond motifs is 8. The lowest BCUT2D eigenvalue weighted by molar-refractivity contribution is 0.122. The van der Waals surface area contributed by atoms with E-state index in [1.54, 1.807) is 116 Å². The maximum atomic E-state index is 13.8. The summed E-state index contributed by atoms with van der Waals surface area (Å²) < 4.78 is 100. The maximum Gasteiger partial charge on any atom is 0.229 e. The van der Waals surface area contributed by atoms with Gasteiger partial charge >= 0.3 is 0 Å². The number of rotatable bonds is 14. The molecule has 0 bridgehead atoms. The second kappa shape index (κ2) is 44.8. The Balaban J connectivity index is 0.000000112. The van der Waals surface area contributed by atoms with Gasteiger partial charge < -0.3 is 14.1 Å². The summed E-state index contributed by atoms with van der Waals surface area (Å²) in [4.78, 5) is 37.5. The summed E-state index contributed by atoms with van der Waals surface area (Å²) in [7, 11) is -6.49. The quantitative estimate of drug-likeness (QED) is 0.0483. The first-order valence-electron chi connectivity index (χ1n) is 46.9. The number of nitriles is 1. The lowest BCUT2D eigenvalue weighted by atomic mass is 10.0. The van der Waals surface area contributed by atoms with Crippen molar-refractivity contribution in [1.29, 1.82) is 5.26 Å². The standard InChI is InChI=1S/C17H18N4O.C15H16N4O2S.C14H14N4O2S.C14H10N4.3C13H10FN3.C11H9N3O/c1-12-16-15(20-19-12)6-7-18-17(16)13-2-4-14(5-3-13)21-8-10-22-11-9-21;1-10-14-13(19-18-10)7-8-16-15(14)12-5-3-11(4-6-12)9-17-22(2,20)21;1-9-13-12(17-16-9)6-7-15-14(13)10-4-3-5-11(8-10)18-21(2,19)20;1-9-13-12(18-17-9)6-7-16-14(13)11-4-2-10(8-15)3-5-11;1-8-12-11(17-16-8)6-7-15-13(12)9-2-4-10(14)5-3-9;1-8-12-11(17-16-8)5-6-15-13(12)9-3-2-4-10(14)7-9;1-8-12-11(17-16-8)6-7-15-13(12)9-4-2-3-5-10(9)14;1-7-10-8(14-13-7)4-5-12-11(10)9-3-2-6-15-9/h2-7H,8-11H2,1H3,(H,19,20);3-8,17H,9H2,1-2H3,(H,18,19);3-8,18H,1-2H3,(H,16,17);2-7H,1H3,(H,17,18);3*2-7H,1H3,(H,16,17);2-6H,1H3,(H,13,14). The summed E-state index contributed by atoms with van der Waals surface area (Å²) in [6.07, 6.45) is 17.7. The highest BCUT2D eigenvalue weighted by molar-refractivity contribution is 7.92. The molecule has 0 atom stereocenters. The molecule has 0 radical (unpaired) electrons. The zero-order valence-electron chi connectivity index (χ0n) is 82.1. The molecule has 24 aromatic rings. The van der Waals surface area contributed by atoms with Crippen LogP contribution in [-0.2, 0) is 31.3 Å². The number of furan rings is 1. The molecule has 1 fully saturated rings. The van der Waals surface area contributed by atoms with Gasteiger partial charge in [-0.2, -0.15) is 46.1 Å². The number of benzene rings is 7. The summed E-state index contributed by atoms with van der Waals surface area (Å²) in [6.45, 7) is 19.4. The van der Waals surface area contributed by atoms with Gasteiger partial charge in [0.2, 0.25) is 20.0 Å². The molecule has 25 rings (SSSR count). The Bertz CT molecular complexity index is 9180. The lowest BCUT2D eigenvalue weighted by Crippen LogP contribution is -2.36. The van der Waals surface area contributed by atoms with E-state index in [4.69, 9.17) is 14.4 Å². The van der Waals surface area contributed by atoms with Crippen molar-refractivity contribution in [3.05, 3.63) is 360 Å². The molecule has 0 amide bonds. The number of pyridine rings is 8. The molecule has 149 heavy (non-hydrogen) atoms. The molecule has 10 N–H and O–H groups in total. The molecule has 1 saturated heterocycles. The molecule has 18 heterocycles. The molecule has 0 saturated carbocycles. The van der Waals surface area contributed by atoms with Crippen molar-refractivity contribution in [3.63, 3.8) is 0 Å². The highest BCUT2D eigenvalue weighted by Gasteiger charge is 2.22. The number of nitrogens with zero attached hydrogens (tertiary/aromatic N) is 18. The van der Waals surface area contributed by atoms with Crippen molar-refractivity contribution in [2.45, 2.75) is 61.9 Å². The van der Waals surface area contributed by atoms with Crippen molar-refractivity contribution >= 4 is 119 Å². The Morgan fingerprint density at radius 3 is 1.04 bits per heavy atom. The first-order valence-corrected chi connectivity index (χ1v) is 50.7. The number of hydrogen-bond donors (Lipinski definition) is 10. The van der Waals surface area contributed by atoms with Gasteiger partial charge in [0.05, 0.1) is 133 Å². The fourth-order valence-corrected chi connectivity index (χ4v) is 18.2. The molecule has 0 aliphatic carbocycles. The summed E-state index contributed by atoms with van der Waals surface area (Å²) in [5.74, 6) is -0.00880. The van der Waals surface area contributed by atoms with Crippen molar-refractivity contribution in [2.75, 3.05) is 48.4 Å². The predicted octanol–water partition coefficient (Wildman–Crippen LogP) is 21.6. The highest BCUT2D eigenvalue weighted by Crippen LogP contribution is 2.38. The monoisotopic (exact) mass is 2030 g/mol. The van der Waals surface area contributed by atoms with Crippen LogP contribution in [0.3, 0.4) is 0 Å². The van der Waals surface area contributed by atoms with Crippen LogP contribution in [0, 0.1) is 84.2 Å². The second-order valence-electron chi connectivity index (χ2n) is 34.8. The van der Waals surface area contributed by atoms with Crippen LogP contribution in [0.15, 0.2) is 291 Å². The fourth-order valence-electron chi connectivity index (χ4n) is 17.2. The van der Waals surface area contributed by atoms with E-state index in [9.17, 15) is 30.0 Å². The van der Waals surface area contributed by atoms with E-state index in [0.717, 1.165) is 256 Å². The number of anilines is 2. The Morgan fingerprint density at radius 1 is 0.342 bits per heavy atom. The van der Waals surface area contributed by atoms with Crippen LogP contribution in [0.25, 0.3) is 177 Å². The fraction of sp³-hybridized carbons (Fsp3) is 0.136. The van der Waals surface area contributed by atoms with Crippen molar-refractivity contribution in [3.8, 4) is 96.3 Å². The van der Waals surface area contributed by atoms with Crippen LogP contribution >= 0.6 is 0 Å². The molecule has 1 aliphatic heterocycles. The van der Waals surface area contributed by atoms with Crippen LogP contribution in [-0.4, -0.2) is 177 Å². The number of aromatic nitrogens is 24.